The molecule has 1 aromatic rings. The van der Waals surface area contributed by atoms with Gasteiger partial charge in [-0.15, -0.1) is 0 Å². The zero-order valence-corrected chi connectivity index (χ0v) is 8.19. The van der Waals surface area contributed by atoms with Crippen molar-refractivity contribution >= 4 is 11.4 Å². The van der Waals surface area contributed by atoms with E-state index in [1.165, 1.54) is 31.4 Å². The molecule has 3 heteroatoms. The van der Waals surface area contributed by atoms with E-state index in [1.54, 1.807) is 6.20 Å². The smallest absolute Gasteiger partial charge is 0.0738 e. The molecule has 2 bridgehead atoms. The van der Waals surface area contributed by atoms with Gasteiger partial charge >= 0.3 is 0 Å². The normalized spacial score (nSPS) is 29.9. The Morgan fingerprint density at radius 2 is 1.86 bits per heavy atom. The van der Waals surface area contributed by atoms with Crippen LogP contribution in [0.15, 0.2) is 18.5 Å². The van der Waals surface area contributed by atoms with Gasteiger partial charge in [0.15, 0.2) is 0 Å². The van der Waals surface area contributed by atoms with Crippen molar-refractivity contribution in [3.63, 3.8) is 0 Å². The molecule has 0 saturated carbocycles. The zero-order chi connectivity index (χ0) is 9.54. The number of fused-ring (bicyclic) bond motifs is 2. The highest BCUT2D eigenvalue weighted by molar-refractivity contribution is 5.68. The van der Waals surface area contributed by atoms with Gasteiger partial charge in [0.05, 0.1) is 17.6 Å². The Morgan fingerprint density at radius 3 is 2.43 bits per heavy atom. The van der Waals surface area contributed by atoms with Crippen molar-refractivity contribution in [2.45, 2.75) is 37.8 Å². The molecule has 2 saturated heterocycles. The van der Waals surface area contributed by atoms with Crippen molar-refractivity contribution < 1.29 is 0 Å². The van der Waals surface area contributed by atoms with Crippen molar-refractivity contribution in [1.29, 1.82) is 0 Å². The first kappa shape index (κ1) is 8.09. The van der Waals surface area contributed by atoms with E-state index >= 15 is 0 Å². The summed E-state index contributed by atoms with van der Waals surface area (Å²) in [5, 5.41) is 0. The van der Waals surface area contributed by atoms with E-state index in [0.717, 1.165) is 17.8 Å². The van der Waals surface area contributed by atoms with Crippen LogP contribution in [0.1, 0.15) is 25.7 Å². The first-order valence-electron chi connectivity index (χ1n) is 5.34. The lowest BCUT2D eigenvalue weighted by Crippen LogP contribution is -2.28. The summed E-state index contributed by atoms with van der Waals surface area (Å²) in [5.41, 5.74) is 7.97. The highest BCUT2D eigenvalue weighted by atomic mass is 15.2. The van der Waals surface area contributed by atoms with Crippen molar-refractivity contribution in [3.8, 4) is 0 Å². The molecule has 3 rings (SSSR count). The summed E-state index contributed by atoms with van der Waals surface area (Å²) in [6.07, 6.45) is 8.95. The highest BCUT2D eigenvalue weighted by Crippen LogP contribution is 2.42. The number of nitrogen functional groups attached to an aromatic ring is 1. The van der Waals surface area contributed by atoms with E-state index in [4.69, 9.17) is 5.73 Å². The summed E-state index contributed by atoms with van der Waals surface area (Å²) < 4.78 is 0. The number of hydrogen-bond acceptors (Lipinski definition) is 3. The average Bonchev–Trinajstić information content (AvgIpc) is 2.78. The summed E-state index contributed by atoms with van der Waals surface area (Å²) in [7, 11) is 0. The summed E-state index contributed by atoms with van der Waals surface area (Å²) in [5.74, 6) is 0. The van der Waals surface area contributed by atoms with Gasteiger partial charge in [-0.2, -0.15) is 0 Å². The quantitative estimate of drug-likeness (QED) is 0.732. The molecule has 0 aromatic carbocycles. The molecule has 2 fully saturated rings. The Morgan fingerprint density at radius 1 is 1.21 bits per heavy atom. The molecule has 14 heavy (non-hydrogen) atoms. The van der Waals surface area contributed by atoms with Gasteiger partial charge in [-0.3, -0.25) is 4.98 Å². The molecule has 1 aromatic heterocycles. The van der Waals surface area contributed by atoms with Crippen LogP contribution >= 0.6 is 0 Å². The second-order valence-corrected chi connectivity index (χ2v) is 4.30. The maximum absolute atomic E-state index is 5.95. The molecule has 2 aliphatic heterocycles. The van der Waals surface area contributed by atoms with Crippen LogP contribution in [0.4, 0.5) is 11.4 Å². The maximum Gasteiger partial charge on any atom is 0.0738 e. The summed E-state index contributed by atoms with van der Waals surface area (Å²) >= 11 is 0. The summed E-state index contributed by atoms with van der Waals surface area (Å²) in [6.45, 7) is 0. The Balaban J connectivity index is 2.00. The van der Waals surface area contributed by atoms with Crippen LogP contribution in [0.5, 0.6) is 0 Å². The summed E-state index contributed by atoms with van der Waals surface area (Å²) in [4.78, 5) is 6.55. The number of pyridine rings is 1. The van der Waals surface area contributed by atoms with Gasteiger partial charge in [0, 0.05) is 18.3 Å². The number of aromatic nitrogens is 1. The Labute approximate surface area is 83.9 Å². The topological polar surface area (TPSA) is 42.1 Å². The van der Waals surface area contributed by atoms with Crippen LogP contribution in [0.25, 0.3) is 0 Å². The maximum atomic E-state index is 5.95. The molecule has 2 N–H and O–H groups in total. The molecule has 0 unspecified atom stereocenters. The molecule has 74 valence electrons. The lowest BCUT2D eigenvalue weighted by molar-refractivity contribution is 0.576. The fourth-order valence-corrected chi connectivity index (χ4v) is 2.94. The van der Waals surface area contributed by atoms with Crippen molar-refractivity contribution in [2.75, 3.05) is 10.6 Å². The Bertz CT molecular complexity index is 330. The SMILES string of the molecule is Nc1cnccc1N1C2CCC1CC2. The lowest BCUT2D eigenvalue weighted by Gasteiger charge is -2.25. The van der Waals surface area contributed by atoms with E-state index in [-0.39, 0.29) is 0 Å². The standard InChI is InChI=1S/C11H15N3/c12-10-7-13-6-5-11(10)14-8-1-2-9(14)4-3-8/h5-9H,1-4,12H2. The van der Waals surface area contributed by atoms with Crippen LogP contribution in [-0.4, -0.2) is 17.1 Å². The molecule has 0 amide bonds. The van der Waals surface area contributed by atoms with E-state index in [9.17, 15) is 0 Å². The molecule has 3 nitrogen and oxygen atoms in total. The molecule has 3 heterocycles. The fraction of sp³-hybridized carbons (Fsp3) is 0.545. The van der Waals surface area contributed by atoms with Gasteiger partial charge in [0.25, 0.3) is 0 Å². The zero-order valence-electron chi connectivity index (χ0n) is 8.19. The number of rotatable bonds is 1. The van der Waals surface area contributed by atoms with Gasteiger partial charge in [0.1, 0.15) is 0 Å². The molecule has 2 aliphatic rings. The number of nitrogens with zero attached hydrogens (tertiary/aromatic N) is 2. The van der Waals surface area contributed by atoms with Gasteiger partial charge in [-0.25, -0.2) is 0 Å². The molecular formula is C11H15N3. The van der Waals surface area contributed by atoms with Gasteiger partial charge in [-0.05, 0) is 31.7 Å². The lowest BCUT2D eigenvalue weighted by atomic mass is 10.0. The summed E-state index contributed by atoms with van der Waals surface area (Å²) in [6, 6.07) is 3.53. The van der Waals surface area contributed by atoms with Crippen LogP contribution in [0.3, 0.4) is 0 Å². The van der Waals surface area contributed by atoms with Gasteiger partial charge < -0.3 is 10.6 Å². The van der Waals surface area contributed by atoms with Gasteiger partial charge in [0.2, 0.25) is 0 Å². The first-order chi connectivity index (χ1) is 6.86. The van der Waals surface area contributed by atoms with E-state index in [0.29, 0.717) is 0 Å². The highest BCUT2D eigenvalue weighted by Gasteiger charge is 2.39. The number of nitrogens with two attached hydrogens (primary N) is 1. The predicted octanol–water partition coefficient (Wildman–Crippen LogP) is 1.79. The molecule has 0 spiro atoms. The van der Waals surface area contributed by atoms with E-state index in [1.807, 2.05) is 12.3 Å². The molecule has 0 aliphatic carbocycles. The second kappa shape index (κ2) is 2.87. The van der Waals surface area contributed by atoms with Gasteiger partial charge in [-0.1, -0.05) is 0 Å². The molecular weight excluding hydrogens is 174 g/mol. The van der Waals surface area contributed by atoms with Crippen LogP contribution in [0.2, 0.25) is 0 Å². The average molecular weight is 189 g/mol. The van der Waals surface area contributed by atoms with E-state index in [2.05, 4.69) is 9.88 Å². The minimum Gasteiger partial charge on any atom is -0.396 e. The third-order valence-corrected chi connectivity index (χ3v) is 3.56. The largest absolute Gasteiger partial charge is 0.396 e. The van der Waals surface area contributed by atoms with Crippen molar-refractivity contribution in [2.24, 2.45) is 0 Å². The predicted molar refractivity (Wildman–Crippen MR) is 57.2 cm³/mol. The minimum absolute atomic E-state index is 0.740. The third-order valence-electron chi connectivity index (χ3n) is 3.56. The monoisotopic (exact) mass is 189 g/mol. The van der Waals surface area contributed by atoms with Crippen molar-refractivity contribution in [1.82, 2.24) is 4.98 Å². The minimum atomic E-state index is 0.740. The first-order valence-corrected chi connectivity index (χ1v) is 5.34. The fourth-order valence-electron chi connectivity index (χ4n) is 2.94. The number of anilines is 2. The third kappa shape index (κ3) is 1.01. The Hall–Kier alpha value is -1.25. The van der Waals surface area contributed by atoms with Crippen molar-refractivity contribution in [3.05, 3.63) is 18.5 Å². The Kier molecular flexibility index (Phi) is 1.66. The number of hydrogen-bond donors (Lipinski definition) is 1. The van der Waals surface area contributed by atoms with Crippen LogP contribution in [-0.2, 0) is 0 Å². The van der Waals surface area contributed by atoms with Crippen LogP contribution < -0.4 is 10.6 Å². The second-order valence-electron chi connectivity index (χ2n) is 4.30. The van der Waals surface area contributed by atoms with E-state index < -0.39 is 0 Å². The van der Waals surface area contributed by atoms with Crippen LogP contribution in [0, 0.1) is 0 Å². The molecule has 0 atom stereocenters. The molecule has 0 radical (unpaired) electrons.